The van der Waals surface area contributed by atoms with E-state index in [1.165, 1.54) is 13.0 Å². The number of nitrogens with two attached hydrogens (primary N) is 1. The molecule has 2 rings (SSSR count). The van der Waals surface area contributed by atoms with E-state index in [0.29, 0.717) is 0 Å². The molecule has 0 saturated carbocycles. The molecule has 0 radical (unpaired) electrons. The summed E-state index contributed by atoms with van der Waals surface area (Å²) < 4.78 is 40.4. The topological polar surface area (TPSA) is 72.2 Å². The Morgan fingerprint density at radius 1 is 1.50 bits per heavy atom. The van der Waals surface area contributed by atoms with Gasteiger partial charge in [0, 0.05) is 23.0 Å². The van der Waals surface area contributed by atoms with Gasteiger partial charge in [-0.3, -0.25) is 0 Å². The first-order chi connectivity index (χ1) is 8.40. The molecule has 0 aromatic heterocycles. The third-order valence-corrected chi connectivity index (χ3v) is 5.67. The fraction of sp³-hybridized carbons (Fsp3) is 0.455. The maximum atomic E-state index is 13.5. The maximum absolute atomic E-state index is 13.5. The summed E-state index contributed by atoms with van der Waals surface area (Å²) in [6.45, 7) is 1.44. The smallest absolute Gasteiger partial charge is 0.241 e. The van der Waals surface area contributed by atoms with Gasteiger partial charge >= 0.3 is 0 Å². The summed E-state index contributed by atoms with van der Waals surface area (Å²) >= 11 is 1.70. The van der Waals surface area contributed by atoms with Gasteiger partial charge in [0.15, 0.2) is 0 Å². The van der Waals surface area contributed by atoms with Crippen LogP contribution in [-0.2, 0) is 10.0 Å². The lowest BCUT2D eigenvalue weighted by Gasteiger charge is -2.14. The van der Waals surface area contributed by atoms with Crippen molar-refractivity contribution in [2.24, 2.45) is 0 Å². The van der Waals surface area contributed by atoms with Crippen LogP contribution >= 0.6 is 11.8 Å². The second-order valence-electron chi connectivity index (χ2n) is 4.31. The van der Waals surface area contributed by atoms with Crippen molar-refractivity contribution in [3.8, 4) is 0 Å². The second kappa shape index (κ2) is 5.07. The van der Waals surface area contributed by atoms with Crippen molar-refractivity contribution in [1.82, 2.24) is 4.72 Å². The summed E-state index contributed by atoms with van der Waals surface area (Å²) in [4.78, 5) is -0.0723. The third kappa shape index (κ3) is 2.78. The van der Waals surface area contributed by atoms with Crippen molar-refractivity contribution in [2.75, 3.05) is 17.2 Å². The standard InChI is InChI=1S/C11H15FN2O2S2/c1-7-10(12)4-8(13)5-11(7)18(15,16)14-9-2-3-17-6-9/h4-5,9,14H,2-3,6,13H2,1H3. The second-order valence-corrected chi connectivity index (χ2v) is 7.14. The molecule has 7 heteroatoms. The van der Waals surface area contributed by atoms with E-state index in [0.717, 1.165) is 24.0 Å². The lowest BCUT2D eigenvalue weighted by atomic mass is 10.2. The number of rotatable bonds is 3. The molecule has 0 spiro atoms. The quantitative estimate of drug-likeness (QED) is 0.828. The van der Waals surface area contributed by atoms with Crippen LogP contribution in [0.1, 0.15) is 12.0 Å². The van der Waals surface area contributed by atoms with E-state index in [4.69, 9.17) is 5.73 Å². The van der Waals surface area contributed by atoms with E-state index in [-0.39, 0.29) is 22.2 Å². The lowest BCUT2D eigenvalue weighted by Crippen LogP contribution is -2.35. The highest BCUT2D eigenvalue weighted by molar-refractivity contribution is 7.99. The van der Waals surface area contributed by atoms with E-state index in [9.17, 15) is 12.8 Å². The SMILES string of the molecule is Cc1c(F)cc(N)cc1S(=O)(=O)NC1CCSC1. The van der Waals surface area contributed by atoms with Crippen molar-refractivity contribution in [3.63, 3.8) is 0 Å². The zero-order valence-corrected chi connectivity index (χ0v) is 11.6. The Morgan fingerprint density at radius 2 is 2.22 bits per heavy atom. The van der Waals surface area contributed by atoms with Gasteiger partial charge < -0.3 is 5.73 Å². The zero-order valence-electron chi connectivity index (χ0n) is 9.94. The van der Waals surface area contributed by atoms with Crippen LogP contribution in [0.3, 0.4) is 0 Å². The van der Waals surface area contributed by atoms with E-state index >= 15 is 0 Å². The molecule has 1 heterocycles. The molecular weight excluding hydrogens is 275 g/mol. The first kappa shape index (κ1) is 13.6. The Balaban J connectivity index is 2.34. The monoisotopic (exact) mass is 290 g/mol. The molecule has 4 nitrogen and oxygen atoms in total. The molecule has 1 aliphatic rings. The summed E-state index contributed by atoms with van der Waals surface area (Å²) in [6, 6.07) is 2.34. The summed E-state index contributed by atoms with van der Waals surface area (Å²) in [5.74, 6) is 1.09. The lowest BCUT2D eigenvalue weighted by molar-refractivity contribution is 0.558. The van der Waals surface area contributed by atoms with Crippen LogP contribution in [0.2, 0.25) is 0 Å². The van der Waals surface area contributed by atoms with Gasteiger partial charge in [-0.2, -0.15) is 11.8 Å². The van der Waals surface area contributed by atoms with E-state index in [1.54, 1.807) is 11.8 Å². The number of nitrogens with one attached hydrogen (secondary N) is 1. The van der Waals surface area contributed by atoms with Gasteiger partial charge in [-0.05, 0) is 31.2 Å². The van der Waals surface area contributed by atoms with Crippen LogP contribution in [0, 0.1) is 12.7 Å². The Hall–Kier alpha value is -0.790. The molecule has 3 N–H and O–H groups in total. The van der Waals surface area contributed by atoms with Crippen molar-refractivity contribution in [1.29, 1.82) is 0 Å². The number of halogens is 1. The van der Waals surface area contributed by atoms with Crippen LogP contribution in [0.15, 0.2) is 17.0 Å². The normalized spacial score (nSPS) is 20.2. The molecule has 1 aliphatic heterocycles. The van der Waals surface area contributed by atoms with Crippen LogP contribution < -0.4 is 10.5 Å². The van der Waals surface area contributed by atoms with Gasteiger partial charge in [-0.15, -0.1) is 0 Å². The Bertz CT molecular complexity index is 554. The first-order valence-corrected chi connectivity index (χ1v) is 8.19. The number of thioether (sulfide) groups is 1. The number of nitrogen functional groups attached to an aromatic ring is 1. The van der Waals surface area contributed by atoms with Gasteiger partial charge in [0.25, 0.3) is 0 Å². The zero-order chi connectivity index (χ0) is 13.3. The van der Waals surface area contributed by atoms with Gasteiger partial charge in [0.05, 0.1) is 4.90 Å². The minimum Gasteiger partial charge on any atom is -0.399 e. The Morgan fingerprint density at radius 3 is 2.83 bits per heavy atom. The number of sulfonamides is 1. The highest BCUT2D eigenvalue weighted by Crippen LogP contribution is 2.24. The van der Waals surface area contributed by atoms with Crippen LogP contribution in [0.25, 0.3) is 0 Å². The third-order valence-electron chi connectivity index (χ3n) is 2.86. The predicted octanol–water partition coefficient (Wildman–Crippen LogP) is 1.50. The Kier molecular flexibility index (Phi) is 3.84. The molecule has 1 aromatic carbocycles. The molecule has 1 fully saturated rings. The van der Waals surface area contributed by atoms with E-state index in [1.807, 2.05) is 0 Å². The summed E-state index contributed by atoms with van der Waals surface area (Å²) in [7, 11) is -3.70. The highest BCUT2D eigenvalue weighted by Gasteiger charge is 2.25. The molecule has 1 saturated heterocycles. The maximum Gasteiger partial charge on any atom is 0.241 e. The molecule has 100 valence electrons. The predicted molar refractivity (Wildman–Crippen MR) is 71.6 cm³/mol. The van der Waals surface area contributed by atoms with Crippen molar-refractivity contribution in [3.05, 3.63) is 23.5 Å². The number of anilines is 1. The molecule has 0 amide bonds. The van der Waals surface area contributed by atoms with Crippen molar-refractivity contribution >= 4 is 27.5 Å². The van der Waals surface area contributed by atoms with E-state index in [2.05, 4.69) is 4.72 Å². The average Bonchev–Trinajstić information content (AvgIpc) is 2.75. The first-order valence-electron chi connectivity index (χ1n) is 5.56. The molecule has 0 aliphatic carbocycles. The average molecular weight is 290 g/mol. The van der Waals surface area contributed by atoms with Gasteiger partial charge in [-0.25, -0.2) is 17.5 Å². The molecule has 18 heavy (non-hydrogen) atoms. The summed E-state index contributed by atoms with van der Waals surface area (Å²) in [5, 5.41) is 0. The van der Waals surface area contributed by atoms with Crippen LogP contribution in [0.4, 0.5) is 10.1 Å². The molecular formula is C11H15FN2O2S2. The fourth-order valence-corrected chi connectivity index (χ4v) is 4.68. The number of hydrogen-bond donors (Lipinski definition) is 2. The van der Waals surface area contributed by atoms with Gasteiger partial charge in [0.1, 0.15) is 5.82 Å². The summed E-state index contributed by atoms with van der Waals surface area (Å²) in [6.07, 6.45) is 0.799. The van der Waals surface area contributed by atoms with Crippen molar-refractivity contribution < 1.29 is 12.8 Å². The molecule has 1 aromatic rings. The highest BCUT2D eigenvalue weighted by atomic mass is 32.2. The number of benzene rings is 1. The minimum atomic E-state index is -3.70. The largest absolute Gasteiger partial charge is 0.399 e. The van der Waals surface area contributed by atoms with Gasteiger partial charge in [0.2, 0.25) is 10.0 Å². The number of hydrogen-bond acceptors (Lipinski definition) is 4. The fourth-order valence-electron chi connectivity index (χ4n) is 1.86. The molecule has 1 atom stereocenters. The van der Waals surface area contributed by atoms with Gasteiger partial charge in [-0.1, -0.05) is 0 Å². The Labute approximate surface area is 110 Å². The molecule has 0 bridgehead atoms. The minimum absolute atomic E-state index is 0.0723. The molecule has 1 unspecified atom stereocenters. The van der Waals surface area contributed by atoms with Crippen LogP contribution in [-0.4, -0.2) is 26.0 Å². The van der Waals surface area contributed by atoms with E-state index < -0.39 is 15.8 Å². The summed E-state index contributed by atoms with van der Waals surface area (Å²) in [5.41, 5.74) is 5.71. The van der Waals surface area contributed by atoms with Crippen LogP contribution in [0.5, 0.6) is 0 Å². The van der Waals surface area contributed by atoms with Crippen molar-refractivity contribution in [2.45, 2.75) is 24.3 Å².